The lowest BCUT2D eigenvalue weighted by Gasteiger charge is -2.15. The second-order valence-electron chi connectivity index (χ2n) is 6.95. The standard InChI is InChI=1S/C21H23F3N6/c1-30(2)13-5-10-26-20-28-18(15-8-11-25-12-9-15)14-19(29-20)27-17-7-4-3-6-16(17)21(22,23)24/h3-4,6-9,11-12,14H,5,10,13H2,1-2H3,(H2,26,27,28,29). The van der Waals surface area contributed by atoms with E-state index in [2.05, 4.69) is 30.5 Å². The van der Waals surface area contributed by atoms with Crippen LogP contribution < -0.4 is 10.6 Å². The van der Waals surface area contributed by atoms with Crippen LogP contribution in [0.1, 0.15) is 12.0 Å². The predicted octanol–water partition coefficient (Wildman–Crippen LogP) is 4.66. The molecule has 0 amide bonds. The van der Waals surface area contributed by atoms with Crippen LogP contribution in [0.2, 0.25) is 0 Å². The first kappa shape index (κ1) is 21.5. The number of hydrogen-bond donors (Lipinski definition) is 2. The molecule has 0 fully saturated rings. The fourth-order valence-corrected chi connectivity index (χ4v) is 2.83. The summed E-state index contributed by atoms with van der Waals surface area (Å²) in [7, 11) is 3.97. The molecule has 1 aromatic carbocycles. The summed E-state index contributed by atoms with van der Waals surface area (Å²) in [6.07, 6.45) is -0.339. The number of aromatic nitrogens is 3. The molecule has 6 nitrogen and oxygen atoms in total. The van der Waals surface area contributed by atoms with Gasteiger partial charge in [0.2, 0.25) is 5.95 Å². The van der Waals surface area contributed by atoms with Gasteiger partial charge >= 0.3 is 6.18 Å². The van der Waals surface area contributed by atoms with E-state index in [1.54, 1.807) is 36.7 Å². The van der Waals surface area contributed by atoms with Crippen molar-refractivity contribution in [2.45, 2.75) is 12.6 Å². The molecular weight excluding hydrogens is 393 g/mol. The van der Waals surface area contributed by atoms with Gasteiger partial charge in [-0.25, -0.2) is 4.98 Å². The lowest BCUT2D eigenvalue weighted by Crippen LogP contribution is -2.17. The topological polar surface area (TPSA) is 66.0 Å². The molecule has 3 rings (SSSR count). The average Bonchev–Trinajstić information content (AvgIpc) is 2.71. The fourth-order valence-electron chi connectivity index (χ4n) is 2.83. The third-order valence-electron chi connectivity index (χ3n) is 4.26. The molecule has 0 aliphatic carbocycles. The number of pyridine rings is 1. The molecule has 0 spiro atoms. The van der Waals surface area contributed by atoms with E-state index in [0.29, 0.717) is 18.2 Å². The molecular formula is C21H23F3N6. The number of anilines is 3. The molecule has 158 valence electrons. The van der Waals surface area contributed by atoms with Crippen LogP contribution >= 0.6 is 0 Å². The highest BCUT2D eigenvalue weighted by Crippen LogP contribution is 2.36. The third-order valence-corrected chi connectivity index (χ3v) is 4.26. The number of halogens is 3. The Morgan fingerprint density at radius 1 is 1.00 bits per heavy atom. The molecule has 0 saturated carbocycles. The van der Waals surface area contributed by atoms with Gasteiger partial charge in [0.15, 0.2) is 0 Å². The number of para-hydroxylation sites is 1. The van der Waals surface area contributed by atoms with Crippen molar-refractivity contribution in [1.82, 2.24) is 19.9 Å². The highest BCUT2D eigenvalue weighted by atomic mass is 19.4. The SMILES string of the molecule is CN(C)CCCNc1nc(Nc2ccccc2C(F)(F)F)cc(-c2ccncc2)n1. The van der Waals surface area contributed by atoms with E-state index in [-0.39, 0.29) is 11.5 Å². The molecule has 9 heteroatoms. The maximum Gasteiger partial charge on any atom is 0.418 e. The van der Waals surface area contributed by atoms with Gasteiger partial charge in [-0.15, -0.1) is 0 Å². The number of benzene rings is 1. The van der Waals surface area contributed by atoms with Crippen molar-refractivity contribution in [2.24, 2.45) is 0 Å². The zero-order valence-corrected chi connectivity index (χ0v) is 16.7. The highest BCUT2D eigenvalue weighted by Gasteiger charge is 2.33. The Hall–Kier alpha value is -3.20. The lowest BCUT2D eigenvalue weighted by molar-refractivity contribution is -0.136. The van der Waals surface area contributed by atoms with Gasteiger partial charge in [-0.1, -0.05) is 12.1 Å². The van der Waals surface area contributed by atoms with Gasteiger partial charge in [0.1, 0.15) is 5.82 Å². The molecule has 0 aliphatic rings. The van der Waals surface area contributed by atoms with Crippen LogP contribution in [-0.2, 0) is 6.18 Å². The Bertz CT molecular complexity index is 960. The van der Waals surface area contributed by atoms with Gasteiger partial charge in [0.05, 0.1) is 16.9 Å². The normalized spacial score (nSPS) is 11.5. The van der Waals surface area contributed by atoms with Crippen LogP contribution in [-0.4, -0.2) is 47.0 Å². The summed E-state index contributed by atoms with van der Waals surface area (Å²) in [6.45, 7) is 1.53. The number of rotatable bonds is 8. The van der Waals surface area contributed by atoms with Crippen molar-refractivity contribution in [2.75, 3.05) is 37.8 Å². The largest absolute Gasteiger partial charge is 0.418 e. The fraction of sp³-hybridized carbons (Fsp3) is 0.286. The maximum atomic E-state index is 13.3. The van der Waals surface area contributed by atoms with E-state index in [0.717, 1.165) is 24.6 Å². The minimum absolute atomic E-state index is 0.0667. The second kappa shape index (κ2) is 9.53. The summed E-state index contributed by atoms with van der Waals surface area (Å²) < 4.78 is 40.0. The number of nitrogens with one attached hydrogen (secondary N) is 2. The first-order valence-corrected chi connectivity index (χ1v) is 9.44. The minimum Gasteiger partial charge on any atom is -0.354 e. The Morgan fingerprint density at radius 2 is 1.73 bits per heavy atom. The lowest BCUT2D eigenvalue weighted by atomic mass is 10.1. The Labute approximate surface area is 173 Å². The van der Waals surface area contributed by atoms with Gasteiger partial charge in [0.25, 0.3) is 0 Å². The molecule has 2 aromatic heterocycles. The minimum atomic E-state index is -4.47. The van der Waals surface area contributed by atoms with E-state index in [1.807, 2.05) is 14.1 Å². The summed E-state index contributed by atoms with van der Waals surface area (Å²) in [5.74, 6) is 0.610. The molecule has 0 unspecified atom stereocenters. The molecule has 0 saturated heterocycles. The van der Waals surface area contributed by atoms with E-state index in [9.17, 15) is 13.2 Å². The zero-order chi connectivity index (χ0) is 21.6. The predicted molar refractivity (Wildman–Crippen MR) is 112 cm³/mol. The maximum absolute atomic E-state index is 13.3. The Kier molecular flexibility index (Phi) is 6.83. The van der Waals surface area contributed by atoms with Crippen LogP contribution in [0.15, 0.2) is 54.9 Å². The highest BCUT2D eigenvalue weighted by molar-refractivity contribution is 5.68. The molecule has 30 heavy (non-hydrogen) atoms. The zero-order valence-electron chi connectivity index (χ0n) is 16.7. The Morgan fingerprint density at radius 3 is 2.43 bits per heavy atom. The second-order valence-corrected chi connectivity index (χ2v) is 6.95. The molecule has 2 N–H and O–H groups in total. The summed E-state index contributed by atoms with van der Waals surface area (Å²) in [5.41, 5.74) is 0.544. The van der Waals surface area contributed by atoms with Crippen molar-refractivity contribution in [3.05, 3.63) is 60.4 Å². The molecule has 0 bridgehead atoms. The molecule has 0 radical (unpaired) electrons. The smallest absolute Gasteiger partial charge is 0.354 e. The summed E-state index contributed by atoms with van der Waals surface area (Å²) >= 11 is 0. The number of hydrogen-bond acceptors (Lipinski definition) is 6. The van der Waals surface area contributed by atoms with Crippen LogP contribution in [0, 0.1) is 0 Å². The molecule has 3 aromatic rings. The summed E-state index contributed by atoms with van der Waals surface area (Å²) in [5, 5.41) is 5.96. The third kappa shape index (κ3) is 5.90. The van der Waals surface area contributed by atoms with E-state index in [4.69, 9.17) is 0 Å². The molecule has 0 aliphatic heterocycles. The van der Waals surface area contributed by atoms with Crippen molar-refractivity contribution >= 4 is 17.5 Å². The van der Waals surface area contributed by atoms with Crippen LogP contribution in [0.5, 0.6) is 0 Å². The first-order valence-electron chi connectivity index (χ1n) is 9.44. The number of nitrogens with zero attached hydrogens (tertiary/aromatic N) is 4. The van der Waals surface area contributed by atoms with Gasteiger partial charge in [0, 0.05) is 30.6 Å². The van der Waals surface area contributed by atoms with Crippen LogP contribution in [0.4, 0.5) is 30.6 Å². The van der Waals surface area contributed by atoms with E-state index >= 15 is 0 Å². The van der Waals surface area contributed by atoms with Crippen LogP contribution in [0.25, 0.3) is 11.3 Å². The summed E-state index contributed by atoms with van der Waals surface area (Å²) in [6, 6.07) is 10.5. The van der Waals surface area contributed by atoms with Crippen molar-refractivity contribution in [3.63, 3.8) is 0 Å². The first-order chi connectivity index (χ1) is 14.3. The van der Waals surface area contributed by atoms with Crippen molar-refractivity contribution in [3.8, 4) is 11.3 Å². The van der Waals surface area contributed by atoms with Gasteiger partial charge in [-0.05, 0) is 51.3 Å². The van der Waals surface area contributed by atoms with Crippen LogP contribution in [0.3, 0.4) is 0 Å². The van der Waals surface area contributed by atoms with Crippen molar-refractivity contribution < 1.29 is 13.2 Å². The number of alkyl halides is 3. The van der Waals surface area contributed by atoms with Gasteiger partial charge in [-0.3, -0.25) is 4.98 Å². The van der Waals surface area contributed by atoms with Gasteiger partial charge < -0.3 is 15.5 Å². The van der Waals surface area contributed by atoms with Gasteiger partial charge in [-0.2, -0.15) is 18.2 Å². The van der Waals surface area contributed by atoms with Crippen molar-refractivity contribution in [1.29, 1.82) is 0 Å². The monoisotopic (exact) mass is 416 g/mol. The summed E-state index contributed by atoms with van der Waals surface area (Å²) in [4.78, 5) is 14.9. The van der Waals surface area contributed by atoms with E-state index in [1.165, 1.54) is 12.1 Å². The average molecular weight is 416 g/mol. The molecule has 2 heterocycles. The van der Waals surface area contributed by atoms with E-state index < -0.39 is 11.7 Å². The quantitative estimate of drug-likeness (QED) is 0.521. The Balaban J connectivity index is 1.91. The molecule has 0 atom stereocenters.